The number of hydrogen-bond donors (Lipinski definition) is 0. The first kappa shape index (κ1) is 14.2. The van der Waals surface area contributed by atoms with Gasteiger partial charge in [0.2, 0.25) is 5.69 Å². The molecule has 23 heavy (non-hydrogen) atoms. The summed E-state index contributed by atoms with van der Waals surface area (Å²) in [6.07, 6.45) is 0. The van der Waals surface area contributed by atoms with Crippen molar-refractivity contribution in [3.63, 3.8) is 0 Å². The lowest BCUT2D eigenvalue weighted by atomic mass is 10.00. The molecule has 0 amide bonds. The van der Waals surface area contributed by atoms with Gasteiger partial charge in [0.1, 0.15) is 5.56 Å². The van der Waals surface area contributed by atoms with Crippen LogP contribution in [-0.4, -0.2) is 16.2 Å². The molecule has 3 aromatic carbocycles. The molecule has 0 saturated heterocycles. The first-order valence-corrected chi connectivity index (χ1v) is 7.69. The fraction of sp³-hybridized carbons (Fsp3) is 0. The lowest BCUT2D eigenvalue weighted by Crippen LogP contribution is -2.16. The molecule has 0 aliphatic carbocycles. The maximum atomic E-state index is 12.6. The summed E-state index contributed by atoms with van der Waals surface area (Å²) in [5, 5.41) is 15.1. The minimum Gasteiger partial charge on any atom is -0.618 e. The van der Waals surface area contributed by atoms with Gasteiger partial charge in [0.05, 0.1) is 15.6 Å². The van der Waals surface area contributed by atoms with Crippen molar-refractivity contribution in [2.24, 2.45) is 0 Å². The highest BCUT2D eigenvalue weighted by Gasteiger charge is 2.37. The summed E-state index contributed by atoms with van der Waals surface area (Å²) in [5.41, 5.74) is 1.17. The molecule has 0 unspecified atom stereocenters. The van der Waals surface area contributed by atoms with E-state index in [-0.39, 0.29) is 32.8 Å². The standard InChI is InChI=1S/C18H9Cl2NO2/c19-14-8-13-16(9-15(14)20)21(23)17(18(13)22)12-6-5-10-3-1-2-4-11(10)7-12/h1-9H. The second-order valence-corrected chi connectivity index (χ2v) is 6.13. The Balaban J connectivity index is 1.92. The second-order valence-electron chi connectivity index (χ2n) is 5.32. The third kappa shape index (κ3) is 2.12. The van der Waals surface area contributed by atoms with E-state index in [2.05, 4.69) is 0 Å². The molecule has 0 bridgehead atoms. The lowest BCUT2D eigenvalue weighted by molar-refractivity contribution is -0.355. The van der Waals surface area contributed by atoms with Gasteiger partial charge in [-0.15, -0.1) is 0 Å². The zero-order chi connectivity index (χ0) is 16.1. The first-order chi connectivity index (χ1) is 11.1. The van der Waals surface area contributed by atoms with Crippen molar-refractivity contribution in [1.82, 2.24) is 0 Å². The number of carbonyl (C=O) groups is 1. The minimum absolute atomic E-state index is 0.0871. The van der Waals surface area contributed by atoms with Gasteiger partial charge in [-0.2, -0.15) is 4.74 Å². The zero-order valence-electron chi connectivity index (χ0n) is 11.7. The van der Waals surface area contributed by atoms with Gasteiger partial charge in [-0.25, -0.2) is 0 Å². The quantitative estimate of drug-likeness (QED) is 0.463. The molecule has 0 radical (unpaired) electrons. The van der Waals surface area contributed by atoms with Gasteiger partial charge in [-0.3, -0.25) is 4.79 Å². The molecule has 112 valence electrons. The van der Waals surface area contributed by atoms with Crippen LogP contribution in [0.2, 0.25) is 10.0 Å². The number of fused-ring (bicyclic) bond motifs is 2. The van der Waals surface area contributed by atoms with Crippen molar-refractivity contribution in [3.05, 3.63) is 81.0 Å². The molecule has 1 aliphatic heterocycles. The molecule has 0 spiro atoms. The van der Waals surface area contributed by atoms with Crippen LogP contribution in [0.25, 0.3) is 10.8 Å². The Bertz CT molecular complexity index is 1020. The van der Waals surface area contributed by atoms with E-state index in [9.17, 15) is 10.0 Å². The van der Waals surface area contributed by atoms with Gasteiger partial charge < -0.3 is 5.21 Å². The van der Waals surface area contributed by atoms with E-state index in [1.807, 2.05) is 36.4 Å². The van der Waals surface area contributed by atoms with E-state index in [0.29, 0.717) is 10.3 Å². The number of benzene rings is 3. The Morgan fingerprint density at radius 2 is 1.57 bits per heavy atom. The summed E-state index contributed by atoms with van der Waals surface area (Å²) in [4.78, 5) is 12.6. The summed E-state index contributed by atoms with van der Waals surface area (Å²) >= 11 is 11.9. The molecular weight excluding hydrogens is 333 g/mol. The Kier molecular flexibility index (Phi) is 3.15. The lowest BCUT2D eigenvalue weighted by Gasteiger charge is -2.04. The van der Waals surface area contributed by atoms with Crippen LogP contribution >= 0.6 is 23.2 Å². The van der Waals surface area contributed by atoms with E-state index in [0.717, 1.165) is 10.8 Å². The van der Waals surface area contributed by atoms with Gasteiger partial charge in [0.25, 0.3) is 11.5 Å². The van der Waals surface area contributed by atoms with Gasteiger partial charge in [-0.1, -0.05) is 53.5 Å². The van der Waals surface area contributed by atoms with Crippen LogP contribution in [0, 0.1) is 5.21 Å². The number of ketones is 1. The highest BCUT2D eigenvalue weighted by Crippen LogP contribution is 2.35. The van der Waals surface area contributed by atoms with Crippen LogP contribution in [-0.2, 0) is 0 Å². The third-order valence-corrected chi connectivity index (χ3v) is 4.67. The summed E-state index contributed by atoms with van der Waals surface area (Å²) in [7, 11) is 0. The number of carbonyl (C=O) groups excluding carboxylic acids is 1. The van der Waals surface area contributed by atoms with E-state index >= 15 is 0 Å². The number of hydrogen-bond acceptors (Lipinski definition) is 2. The predicted octanol–water partition coefficient (Wildman–Crippen LogP) is 4.97. The van der Waals surface area contributed by atoms with Gasteiger partial charge in [0.15, 0.2) is 0 Å². The Labute approximate surface area is 142 Å². The van der Waals surface area contributed by atoms with Crippen LogP contribution in [0.3, 0.4) is 0 Å². The SMILES string of the molecule is O=C1C(c2ccc3ccccc3c2)=[N+]([O-])c2cc(Cl)c(Cl)cc21. The van der Waals surface area contributed by atoms with E-state index in [1.54, 1.807) is 6.07 Å². The maximum absolute atomic E-state index is 12.6. The molecule has 0 saturated carbocycles. The van der Waals surface area contributed by atoms with Crippen LogP contribution in [0.1, 0.15) is 15.9 Å². The summed E-state index contributed by atoms with van der Waals surface area (Å²) in [6.45, 7) is 0. The molecule has 0 N–H and O–H groups in total. The topological polar surface area (TPSA) is 43.1 Å². The van der Waals surface area contributed by atoms with E-state index < -0.39 is 0 Å². The van der Waals surface area contributed by atoms with E-state index in [4.69, 9.17) is 23.2 Å². The average Bonchev–Trinajstić information content (AvgIpc) is 2.79. The van der Waals surface area contributed by atoms with Gasteiger partial charge in [-0.05, 0) is 29.0 Å². The second kappa shape index (κ2) is 5.08. The van der Waals surface area contributed by atoms with Crippen LogP contribution in [0.5, 0.6) is 0 Å². The molecule has 0 aromatic heterocycles. The van der Waals surface area contributed by atoms with Crippen molar-refractivity contribution in [3.8, 4) is 0 Å². The molecule has 4 rings (SSSR count). The molecule has 3 nitrogen and oxygen atoms in total. The van der Waals surface area contributed by atoms with Crippen LogP contribution < -0.4 is 0 Å². The van der Waals surface area contributed by atoms with Gasteiger partial charge in [0, 0.05) is 6.07 Å². The van der Waals surface area contributed by atoms with Crippen molar-refractivity contribution in [1.29, 1.82) is 0 Å². The minimum atomic E-state index is -0.344. The Morgan fingerprint density at radius 1 is 0.870 bits per heavy atom. The summed E-state index contributed by atoms with van der Waals surface area (Å²) < 4.78 is 0.629. The van der Waals surface area contributed by atoms with Crippen molar-refractivity contribution in [2.45, 2.75) is 0 Å². The number of Topliss-reactive ketones (excluding diaryl/α,β-unsaturated/α-hetero) is 1. The van der Waals surface area contributed by atoms with Crippen molar-refractivity contribution >= 4 is 51.2 Å². The molecule has 3 aromatic rings. The fourth-order valence-corrected chi connectivity index (χ4v) is 3.13. The summed E-state index contributed by atoms with van der Waals surface area (Å²) in [5.74, 6) is -0.344. The Hall–Kier alpha value is -2.36. The fourth-order valence-electron chi connectivity index (χ4n) is 2.81. The first-order valence-electron chi connectivity index (χ1n) is 6.93. The van der Waals surface area contributed by atoms with Crippen molar-refractivity contribution in [2.75, 3.05) is 0 Å². The van der Waals surface area contributed by atoms with Gasteiger partial charge >= 0.3 is 0 Å². The third-order valence-electron chi connectivity index (χ3n) is 3.94. The highest BCUT2D eigenvalue weighted by atomic mass is 35.5. The molecule has 1 heterocycles. The monoisotopic (exact) mass is 341 g/mol. The van der Waals surface area contributed by atoms with Crippen molar-refractivity contribution < 1.29 is 9.53 Å². The number of rotatable bonds is 1. The molecule has 5 heteroatoms. The Morgan fingerprint density at radius 3 is 2.35 bits per heavy atom. The summed E-state index contributed by atoms with van der Waals surface area (Å²) in [6, 6.07) is 16.1. The predicted molar refractivity (Wildman–Crippen MR) is 92.1 cm³/mol. The molecule has 0 atom stereocenters. The molecule has 0 fully saturated rings. The largest absolute Gasteiger partial charge is 0.618 e. The normalized spacial score (nSPS) is 13.7. The molecular formula is C18H9Cl2NO2. The average molecular weight is 342 g/mol. The molecule has 1 aliphatic rings. The maximum Gasteiger partial charge on any atom is 0.272 e. The van der Waals surface area contributed by atoms with E-state index in [1.165, 1.54) is 12.1 Å². The number of nitrogens with zero attached hydrogens (tertiary/aromatic N) is 1. The smallest absolute Gasteiger partial charge is 0.272 e. The van der Waals surface area contributed by atoms with Crippen LogP contribution in [0.4, 0.5) is 5.69 Å². The highest BCUT2D eigenvalue weighted by molar-refractivity contribution is 6.53. The number of halogens is 2. The zero-order valence-corrected chi connectivity index (χ0v) is 13.2. The van der Waals surface area contributed by atoms with Crippen LogP contribution in [0.15, 0.2) is 54.6 Å².